The van der Waals surface area contributed by atoms with Gasteiger partial charge in [0.2, 0.25) is 0 Å². The molecule has 1 N–H and O–H groups in total. The van der Waals surface area contributed by atoms with E-state index in [1.807, 2.05) is 49.2 Å². The molecule has 0 saturated heterocycles. The summed E-state index contributed by atoms with van der Waals surface area (Å²) in [7, 11) is 3.41. The molecule has 2 atom stereocenters. The normalized spacial score (nSPS) is 14.4. The maximum atomic E-state index is 12.4. The van der Waals surface area contributed by atoms with E-state index >= 15 is 0 Å². The summed E-state index contributed by atoms with van der Waals surface area (Å²) in [6.45, 7) is 2.68. The number of hydrogen-bond acceptors (Lipinski definition) is 4. The minimum atomic E-state index is -0.576. The lowest BCUT2D eigenvalue weighted by atomic mass is 10.0. The SMILES string of the molecule is CCC(C(=O)c1ccccc1)N(C)CC(O)COC. The number of carbonyl (C=O) groups excluding carboxylic acids is 1. The fraction of sp³-hybridized carbons (Fsp3) is 0.533. The van der Waals surface area contributed by atoms with Gasteiger partial charge < -0.3 is 9.84 Å². The van der Waals surface area contributed by atoms with Gasteiger partial charge in [-0.3, -0.25) is 9.69 Å². The van der Waals surface area contributed by atoms with Crippen LogP contribution in [0, 0.1) is 0 Å². The zero-order valence-electron chi connectivity index (χ0n) is 11.9. The first-order valence-electron chi connectivity index (χ1n) is 6.56. The number of likely N-dealkylation sites (N-methyl/N-ethyl adjacent to an activating group) is 1. The van der Waals surface area contributed by atoms with Crippen molar-refractivity contribution in [3.63, 3.8) is 0 Å². The van der Waals surface area contributed by atoms with Crippen LogP contribution in [0.1, 0.15) is 23.7 Å². The highest BCUT2D eigenvalue weighted by Gasteiger charge is 2.23. The Hall–Kier alpha value is -1.23. The van der Waals surface area contributed by atoms with E-state index in [-0.39, 0.29) is 18.4 Å². The maximum absolute atomic E-state index is 12.4. The van der Waals surface area contributed by atoms with Crippen LogP contribution in [0.4, 0.5) is 0 Å². The summed E-state index contributed by atoms with van der Waals surface area (Å²) in [4.78, 5) is 14.3. The summed E-state index contributed by atoms with van der Waals surface area (Å²) in [5.74, 6) is 0.0928. The van der Waals surface area contributed by atoms with Crippen molar-refractivity contribution in [3.05, 3.63) is 35.9 Å². The quantitative estimate of drug-likeness (QED) is 0.725. The number of benzene rings is 1. The van der Waals surface area contributed by atoms with Crippen LogP contribution in [0.2, 0.25) is 0 Å². The molecule has 0 aromatic heterocycles. The molecule has 0 saturated carbocycles. The van der Waals surface area contributed by atoms with E-state index in [0.717, 1.165) is 0 Å². The van der Waals surface area contributed by atoms with E-state index in [0.29, 0.717) is 18.5 Å². The third-order valence-electron chi connectivity index (χ3n) is 3.14. The number of nitrogens with zero attached hydrogens (tertiary/aromatic N) is 1. The molecule has 4 heteroatoms. The highest BCUT2D eigenvalue weighted by Crippen LogP contribution is 2.11. The maximum Gasteiger partial charge on any atom is 0.179 e. The summed E-state index contributed by atoms with van der Waals surface area (Å²) in [5, 5.41) is 9.74. The number of ether oxygens (including phenoxy) is 1. The largest absolute Gasteiger partial charge is 0.389 e. The first kappa shape index (κ1) is 15.8. The van der Waals surface area contributed by atoms with Gasteiger partial charge in [0.15, 0.2) is 5.78 Å². The molecule has 0 fully saturated rings. The number of rotatable bonds is 8. The fourth-order valence-electron chi connectivity index (χ4n) is 2.20. The number of carbonyl (C=O) groups is 1. The van der Waals surface area contributed by atoms with Crippen LogP contribution >= 0.6 is 0 Å². The second-order valence-electron chi connectivity index (χ2n) is 4.70. The van der Waals surface area contributed by atoms with Gasteiger partial charge in [-0.25, -0.2) is 0 Å². The van der Waals surface area contributed by atoms with E-state index < -0.39 is 6.10 Å². The highest BCUT2D eigenvalue weighted by atomic mass is 16.5. The predicted molar refractivity (Wildman–Crippen MR) is 75.4 cm³/mol. The van der Waals surface area contributed by atoms with Gasteiger partial charge in [-0.2, -0.15) is 0 Å². The number of hydrogen-bond donors (Lipinski definition) is 1. The lowest BCUT2D eigenvalue weighted by Gasteiger charge is -2.27. The Morgan fingerprint density at radius 3 is 2.53 bits per heavy atom. The van der Waals surface area contributed by atoms with Crippen LogP contribution in [-0.2, 0) is 4.74 Å². The molecular formula is C15H23NO3. The molecule has 4 nitrogen and oxygen atoms in total. The number of Topliss-reactive ketones (excluding diaryl/α,β-unsaturated/α-hetero) is 1. The first-order valence-corrected chi connectivity index (χ1v) is 6.56. The molecule has 0 radical (unpaired) electrons. The van der Waals surface area contributed by atoms with Crippen molar-refractivity contribution < 1.29 is 14.6 Å². The molecule has 0 bridgehead atoms. The van der Waals surface area contributed by atoms with E-state index in [1.165, 1.54) is 0 Å². The van der Waals surface area contributed by atoms with Crippen molar-refractivity contribution in [2.45, 2.75) is 25.5 Å². The zero-order chi connectivity index (χ0) is 14.3. The highest BCUT2D eigenvalue weighted by molar-refractivity contribution is 6.00. The predicted octanol–water partition coefficient (Wildman–Crippen LogP) is 1.59. The minimum absolute atomic E-state index is 0.0928. The average Bonchev–Trinajstić information content (AvgIpc) is 2.40. The van der Waals surface area contributed by atoms with E-state index in [1.54, 1.807) is 7.11 Å². The Morgan fingerprint density at radius 1 is 1.37 bits per heavy atom. The van der Waals surface area contributed by atoms with Gasteiger partial charge in [-0.05, 0) is 13.5 Å². The molecule has 19 heavy (non-hydrogen) atoms. The molecule has 0 aliphatic carbocycles. The number of aliphatic hydroxyl groups excluding tert-OH is 1. The standard InChI is InChI=1S/C15H23NO3/c1-4-14(16(2)10-13(17)11-19-3)15(18)12-8-6-5-7-9-12/h5-9,13-14,17H,4,10-11H2,1-3H3. The summed E-state index contributed by atoms with van der Waals surface area (Å²) >= 11 is 0. The molecule has 0 spiro atoms. The van der Waals surface area contributed by atoms with Crippen molar-refractivity contribution in [2.24, 2.45) is 0 Å². The van der Waals surface area contributed by atoms with Crippen LogP contribution in [0.3, 0.4) is 0 Å². The summed E-state index contributed by atoms with van der Waals surface area (Å²) in [6.07, 6.45) is 0.136. The van der Waals surface area contributed by atoms with Crippen molar-refractivity contribution in [1.82, 2.24) is 4.90 Å². The summed E-state index contributed by atoms with van der Waals surface area (Å²) in [5.41, 5.74) is 0.711. The van der Waals surface area contributed by atoms with Crippen LogP contribution < -0.4 is 0 Å². The molecule has 1 rings (SSSR count). The second kappa shape index (κ2) is 8.04. The van der Waals surface area contributed by atoms with Gasteiger partial charge >= 0.3 is 0 Å². The minimum Gasteiger partial charge on any atom is -0.389 e. The van der Waals surface area contributed by atoms with Crippen molar-refractivity contribution >= 4 is 5.78 Å². The third-order valence-corrected chi connectivity index (χ3v) is 3.14. The Morgan fingerprint density at radius 2 is 2.00 bits per heavy atom. The van der Waals surface area contributed by atoms with Crippen LogP contribution in [0.25, 0.3) is 0 Å². The Kier molecular flexibility index (Phi) is 6.70. The summed E-state index contributed by atoms with van der Waals surface area (Å²) in [6, 6.07) is 9.05. The molecule has 0 aliphatic heterocycles. The van der Waals surface area contributed by atoms with E-state index in [2.05, 4.69) is 0 Å². The third kappa shape index (κ3) is 4.74. The van der Waals surface area contributed by atoms with Crippen LogP contribution in [-0.4, -0.2) is 55.2 Å². The van der Waals surface area contributed by atoms with Gasteiger partial charge in [0.25, 0.3) is 0 Å². The fourth-order valence-corrected chi connectivity index (χ4v) is 2.20. The molecule has 0 aliphatic rings. The molecular weight excluding hydrogens is 242 g/mol. The van der Waals surface area contributed by atoms with Crippen LogP contribution in [0.5, 0.6) is 0 Å². The Balaban J connectivity index is 2.69. The Labute approximate surface area is 115 Å². The van der Waals surface area contributed by atoms with Crippen molar-refractivity contribution in [2.75, 3.05) is 27.3 Å². The molecule has 1 aromatic rings. The lowest BCUT2D eigenvalue weighted by molar-refractivity contribution is 0.0330. The van der Waals surface area contributed by atoms with Gasteiger partial charge in [-0.15, -0.1) is 0 Å². The van der Waals surface area contributed by atoms with Gasteiger partial charge in [0.05, 0.1) is 18.8 Å². The van der Waals surface area contributed by atoms with Crippen molar-refractivity contribution in [3.8, 4) is 0 Å². The molecule has 106 valence electrons. The van der Waals surface area contributed by atoms with Gasteiger partial charge in [-0.1, -0.05) is 37.3 Å². The zero-order valence-corrected chi connectivity index (χ0v) is 11.9. The smallest absolute Gasteiger partial charge is 0.179 e. The average molecular weight is 265 g/mol. The topological polar surface area (TPSA) is 49.8 Å². The van der Waals surface area contributed by atoms with Gasteiger partial charge in [0.1, 0.15) is 0 Å². The Bertz CT molecular complexity index is 380. The van der Waals surface area contributed by atoms with E-state index in [9.17, 15) is 9.90 Å². The van der Waals surface area contributed by atoms with Gasteiger partial charge in [0, 0.05) is 19.2 Å². The first-order chi connectivity index (χ1) is 9.10. The molecule has 0 heterocycles. The molecule has 1 aromatic carbocycles. The van der Waals surface area contributed by atoms with Crippen LogP contribution in [0.15, 0.2) is 30.3 Å². The second-order valence-corrected chi connectivity index (χ2v) is 4.70. The van der Waals surface area contributed by atoms with Crippen molar-refractivity contribution in [1.29, 1.82) is 0 Å². The molecule has 2 unspecified atom stereocenters. The summed E-state index contributed by atoms with van der Waals surface area (Å²) < 4.78 is 4.90. The number of methoxy groups -OCH3 is 1. The monoisotopic (exact) mass is 265 g/mol. The number of ketones is 1. The van der Waals surface area contributed by atoms with E-state index in [4.69, 9.17) is 4.74 Å². The lowest BCUT2D eigenvalue weighted by Crippen LogP contribution is -2.43. The molecule has 0 amide bonds. The number of aliphatic hydroxyl groups is 1.